The molecule has 0 aliphatic heterocycles. The second-order valence-electron chi connectivity index (χ2n) is 14.4. The Labute approximate surface area is 253 Å². The Morgan fingerprint density at radius 1 is 1.00 bits per heavy atom. The van der Waals surface area contributed by atoms with Gasteiger partial charge in [-0.05, 0) is 94.4 Å². The van der Waals surface area contributed by atoms with Crippen LogP contribution in [0.4, 0.5) is 4.39 Å². The van der Waals surface area contributed by atoms with Crippen molar-refractivity contribution in [3.63, 3.8) is 0 Å². The molecule has 0 saturated heterocycles. The van der Waals surface area contributed by atoms with Crippen molar-refractivity contribution in [1.29, 1.82) is 0 Å². The third-order valence-corrected chi connectivity index (χ3v) is 11.1. The van der Waals surface area contributed by atoms with Gasteiger partial charge in [0.15, 0.2) is 11.6 Å². The van der Waals surface area contributed by atoms with Gasteiger partial charge in [-0.25, -0.2) is 4.39 Å². The summed E-state index contributed by atoms with van der Waals surface area (Å²) in [6.07, 6.45) is 11.5. The maximum absolute atomic E-state index is 15.1. The van der Waals surface area contributed by atoms with Crippen molar-refractivity contribution in [3.8, 4) is 11.5 Å². The average Bonchev–Trinajstić information content (AvgIpc) is 3.65. The van der Waals surface area contributed by atoms with Gasteiger partial charge in [0.2, 0.25) is 5.91 Å². The largest absolute Gasteiger partial charge is 0.496 e. The van der Waals surface area contributed by atoms with Crippen LogP contribution in [-0.2, 0) is 9.59 Å². The number of nitrogens with one attached hydrogen (secondary N) is 2. The van der Waals surface area contributed by atoms with E-state index in [9.17, 15) is 19.5 Å². The zero-order valence-electron chi connectivity index (χ0n) is 25.5. The number of ether oxygens (including phenoxy) is 2. The van der Waals surface area contributed by atoms with Crippen LogP contribution in [0.5, 0.6) is 11.5 Å². The van der Waals surface area contributed by atoms with Crippen LogP contribution < -0.4 is 20.1 Å². The minimum Gasteiger partial charge on any atom is -0.496 e. The summed E-state index contributed by atoms with van der Waals surface area (Å²) >= 11 is 0. The van der Waals surface area contributed by atoms with Crippen LogP contribution in [0.1, 0.15) is 94.8 Å². The third-order valence-electron chi connectivity index (χ3n) is 11.1. The molecule has 1 aromatic carbocycles. The molecule has 2 bridgehead atoms. The molecule has 3 N–H and O–H groups in total. The van der Waals surface area contributed by atoms with E-state index in [1.165, 1.54) is 38.0 Å². The number of halogens is 1. The smallest absolute Gasteiger partial charge is 0.309 e. The Kier molecular flexibility index (Phi) is 7.96. The fourth-order valence-corrected chi connectivity index (χ4v) is 7.88. The standard InChI is InChI=1S/C34H45FN2O6/c1-33(11-4-12-33)18-36-31(39)28-21-7-8-22(23(21)15-19-5-6-19)29(28)37-30(38)24-16-27(25(35)17-26(24)42-3)43-20-9-13-34(2,14-10-20)32(40)41/h15-17,19-22,28-29H,4-14,18H2,1-3H3,(H,36,39)(H,37,38)(H,40,41)/b23-15-/t20?,21-,22+,28-,29+,34?/m0/s1. The Morgan fingerprint density at radius 3 is 2.30 bits per heavy atom. The molecule has 6 rings (SSSR count). The molecule has 0 aromatic heterocycles. The van der Waals surface area contributed by atoms with Crippen LogP contribution in [0, 0.1) is 40.3 Å². The summed E-state index contributed by atoms with van der Waals surface area (Å²) in [4.78, 5) is 39.2. The number of benzene rings is 1. The van der Waals surface area contributed by atoms with Gasteiger partial charge in [0.25, 0.3) is 5.91 Å². The zero-order chi connectivity index (χ0) is 30.5. The van der Waals surface area contributed by atoms with Gasteiger partial charge in [-0.2, -0.15) is 0 Å². The number of amides is 2. The Morgan fingerprint density at radius 2 is 1.70 bits per heavy atom. The molecular weight excluding hydrogens is 551 g/mol. The number of carbonyl (C=O) groups is 3. The van der Waals surface area contributed by atoms with E-state index in [4.69, 9.17) is 9.47 Å². The summed E-state index contributed by atoms with van der Waals surface area (Å²) in [5.74, 6) is -1.37. The van der Waals surface area contributed by atoms with Crippen molar-refractivity contribution >= 4 is 17.8 Å². The lowest BCUT2D eigenvalue weighted by Gasteiger charge is -2.39. The fraction of sp³-hybridized carbons (Fsp3) is 0.676. The highest BCUT2D eigenvalue weighted by Crippen LogP contribution is 2.54. The van der Waals surface area contributed by atoms with Gasteiger partial charge in [0.05, 0.1) is 30.1 Å². The Balaban J connectivity index is 1.20. The monoisotopic (exact) mass is 596 g/mol. The summed E-state index contributed by atoms with van der Waals surface area (Å²) in [7, 11) is 1.39. The summed E-state index contributed by atoms with van der Waals surface area (Å²) in [6.45, 7) is 4.60. The summed E-state index contributed by atoms with van der Waals surface area (Å²) in [5.41, 5.74) is 0.821. The first-order valence-electron chi connectivity index (χ1n) is 16.1. The summed E-state index contributed by atoms with van der Waals surface area (Å²) < 4.78 is 26.5. The SMILES string of the molecule is COc1cc(F)c(OC2CCC(C)(C(=O)O)CC2)cc1C(=O)N[C@H]1[C@@H](C(=O)NCC2(C)CCC2)[C@H]2CC[C@@H]1/C2=C\C1CC1. The highest BCUT2D eigenvalue weighted by molar-refractivity contribution is 5.98. The van der Waals surface area contributed by atoms with Crippen molar-refractivity contribution in [2.75, 3.05) is 13.7 Å². The van der Waals surface area contributed by atoms with Gasteiger partial charge in [0.1, 0.15) is 5.75 Å². The fourth-order valence-electron chi connectivity index (χ4n) is 7.88. The maximum atomic E-state index is 15.1. The van der Waals surface area contributed by atoms with Gasteiger partial charge in [-0.15, -0.1) is 0 Å². The lowest BCUT2D eigenvalue weighted by atomic mass is 9.70. The molecule has 5 fully saturated rings. The minimum absolute atomic E-state index is 0.00748. The molecule has 5 saturated carbocycles. The highest BCUT2D eigenvalue weighted by Gasteiger charge is 2.55. The van der Waals surface area contributed by atoms with Crippen molar-refractivity contribution < 1.29 is 33.4 Å². The van der Waals surface area contributed by atoms with Crippen molar-refractivity contribution in [3.05, 3.63) is 35.2 Å². The molecule has 43 heavy (non-hydrogen) atoms. The number of allylic oxidation sites excluding steroid dienone is 1. The van der Waals surface area contributed by atoms with E-state index in [-0.39, 0.29) is 58.3 Å². The number of hydrogen-bond donors (Lipinski definition) is 3. The van der Waals surface area contributed by atoms with E-state index in [1.807, 2.05) is 0 Å². The van der Waals surface area contributed by atoms with E-state index < -0.39 is 23.1 Å². The molecule has 5 aliphatic rings. The molecule has 5 aliphatic carbocycles. The van der Waals surface area contributed by atoms with E-state index in [0.717, 1.165) is 31.7 Å². The number of aliphatic carboxylic acids is 1. The van der Waals surface area contributed by atoms with Crippen LogP contribution in [0.15, 0.2) is 23.8 Å². The predicted octanol–water partition coefficient (Wildman–Crippen LogP) is 5.64. The average molecular weight is 597 g/mol. The molecule has 234 valence electrons. The predicted molar refractivity (Wildman–Crippen MR) is 158 cm³/mol. The lowest BCUT2D eigenvalue weighted by Crippen LogP contribution is -2.51. The van der Waals surface area contributed by atoms with Crippen molar-refractivity contribution in [2.24, 2.45) is 34.5 Å². The van der Waals surface area contributed by atoms with Crippen LogP contribution >= 0.6 is 0 Å². The number of hydrogen-bond acceptors (Lipinski definition) is 5. The van der Waals surface area contributed by atoms with Crippen LogP contribution in [0.2, 0.25) is 0 Å². The third kappa shape index (κ3) is 5.88. The number of carbonyl (C=O) groups excluding carboxylic acids is 2. The highest BCUT2D eigenvalue weighted by atomic mass is 19.1. The topological polar surface area (TPSA) is 114 Å². The molecule has 4 atom stereocenters. The molecular formula is C34H45FN2O6. The number of fused-ring (bicyclic) bond motifs is 2. The minimum atomic E-state index is -0.833. The molecule has 0 unspecified atom stereocenters. The summed E-state index contributed by atoms with van der Waals surface area (Å²) in [6, 6.07) is 2.20. The van der Waals surface area contributed by atoms with E-state index >= 15 is 4.39 Å². The quantitative estimate of drug-likeness (QED) is 0.301. The van der Waals surface area contributed by atoms with Crippen molar-refractivity contribution in [2.45, 2.75) is 96.6 Å². The molecule has 2 amide bonds. The number of rotatable bonds is 10. The number of methoxy groups -OCH3 is 1. The lowest BCUT2D eigenvalue weighted by molar-refractivity contribution is -0.150. The molecule has 9 heteroatoms. The van der Waals surface area contributed by atoms with E-state index in [1.54, 1.807) is 6.92 Å². The first-order chi connectivity index (χ1) is 20.5. The second-order valence-corrected chi connectivity index (χ2v) is 14.4. The Bertz CT molecular complexity index is 1310. The molecule has 0 radical (unpaired) electrons. The van der Waals surface area contributed by atoms with Gasteiger partial charge >= 0.3 is 5.97 Å². The van der Waals surface area contributed by atoms with Gasteiger partial charge in [-0.3, -0.25) is 14.4 Å². The normalized spacial score (nSPS) is 33.5. The molecule has 0 spiro atoms. The molecule has 1 aromatic rings. The number of carboxylic acids is 1. The van der Waals surface area contributed by atoms with Crippen LogP contribution in [0.3, 0.4) is 0 Å². The van der Waals surface area contributed by atoms with Crippen LogP contribution in [-0.4, -0.2) is 48.7 Å². The van der Waals surface area contributed by atoms with Crippen molar-refractivity contribution in [1.82, 2.24) is 10.6 Å². The van der Waals surface area contributed by atoms with Gasteiger partial charge < -0.3 is 25.2 Å². The second kappa shape index (κ2) is 11.4. The molecule has 0 heterocycles. The van der Waals surface area contributed by atoms with E-state index in [2.05, 4.69) is 23.6 Å². The van der Waals surface area contributed by atoms with Crippen LogP contribution in [0.25, 0.3) is 0 Å². The maximum Gasteiger partial charge on any atom is 0.309 e. The van der Waals surface area contributed by atoms with Gasteiger partial charge in [-0.1, -0.05) is 25.0 Å². The molecule has 8 nitrogen and oxygen atoms in total. The first kappa shape index (κ1) is 29.9. The Hall–Kier alpha value is -3.10. The van der Waals surface area contributed by atoms with Gasteiger partial charge in [0, 0.05) is 24.6 Å². The van der Waals surface area contributed by atoms with E-state index in [0.29, 0.717) is 38.1 Å². The number of carboxylic acid groups (broad SMARTS) is 1. The zero-order valence-corrected chi connectivity index (χ0v) is 25.5. The summed E-state index contributed by atoms with van der Waals surface area (Å²) in [5, 5.41) is 16.0. The first-order valence-corrected chi connectivity index (χ1v) is 16.1.